The predicted molar refractivity (Wildman–Crippen MR) is 180 cm³/mol. The number of nitrogens with one attached hydrogen (secondary N) is 1. The van der Waals surface area contributed by atoms with Gasteiger partial charge in [0.15, 0.2) is 0 Å². The molecule has 0 spiro atoms. The number of rotatable bonds is 7. The Morgan fingerprint density at radius 2 is 2.00 bits per heavy atom. The third kappa shape index (κ3) is 6.20. The second-order valence-electron chi connectivity index (χ2n) is 13.7. The fourth-order valence-electron chi connectivity index (χ4n) is 6.54. The molecule has 2 aromatic heterocycles. The van der Waals surface area contributed by atoms with E-state index < -0.39 is 17.5 Å². The Balaban J connectivity index is 1.24. The lowest BCUT2D eigenvalue weighted by Gasteiger charge is -2.31. The van der Waals surface area contributed by atoms with Crippen molar-refractivity contribution in [2.24, 2.45) is 5.41 Å². The Morgan fingerprint density at radius 3 is 2.69 bits per heavy atom. The molecule has 0 radical (unpaired) electrons. The van der Waals surface area contributed by atoms with E-state index in [1.807, 2.05) is 0 Å². The maximum absolute atomic E-state index is 15.3. The summed E-state index contributed by atoms with van der Waals surface area (Å²) < 4.78 is 45.9. The van der Waals surface area contributed by atoms with Gasteiger partial charge in [-0.25, -0.2) is 18.6 Å². The number of aromatic nitrogens is 2. The van der Waals surface area contributed by atoms with Crippen molar-refractivity contribution in [1.82, 2.24) is 14.9 Å². The Bertz CT molecular complexity index is 2020. The number of fused-ring (bicyclic) bond motifs is 4. The van der Waals surface area contributed by atoms with Crippen molar-refractivity contribution in [1.29, 1.82) is 5.26 Å². The topological polar surface area (TPSA) is 110 Å². The van der Waals surface area contributed by atoms with E-state index in [2.05, 4.69) is 21.3 Å². The molecular weight excluding hydrogens is 660 g/mol. The first-order valence-electron chi connectivity index (χ1n) is 15.9. The number of hydrogen-bond donors (Lipinski definition) is 1. The molecule has 1 saturated carbocycles. The molecule has 1 N–H and O–H groups in total. The molecule has 4 heterocycles. The molecular formula is C35H34ClF2N5O4S. The molecule has 1 amide bonds. The minimum atomic E-state index is -0.765. The highest BCUT2D eigenvalue weighted by Gasteiger charge is 2.45. The zero-order valence-corrected chi connectivity index (χ0v) is 28.4. The van der Waals surface area contributed by atoms with Crippen LogP contribution >= 0.6 is 22.9 Å². The first-order chi connectivity index (χ1) is 23.0. The van der Waals surface area contributed by atoms with E-state index >= 15 is 4.39 Å². The lowest BCUT2D eigenvalue weighted by Crippen LogP contribution is -2.37. The van der Waals surface area contributed by atoms with Crippen LogP contribution in [-0.4, -0.2) is 52.8 Å². The third-order valence-corrected chi connectivity index (χ3v) is 10.6. The van der Waals surface area contributed by atoms with E-state index in [1.165, 1.54) is 6.07 Å². The standard InChI is InChI=1S/C35H34ClF2N5O4S/c1-34(2,3)47-33(44)42-31-21(13-39)27-20(4-5-25(38)30(27)48-31)26-24-16-45-15-23(24)22-14-40-32(41-29(22)28(26)36)46-18-35(8-9-35)17-43-10-6-19(12-37)7-11-43/h4-5,12,14H,6-11,15-18H2,1-3H3,(H,42,44). The van der Waals surface area contributed by atoms with E-state index in [1.54, 1.807) is 33.0 Å². The van der Waals surface area contributed by atoms with Gasteiger partial charge in [-0.3, -0.25) is 5.32 Å². The van der Waals surface area contributed by atoms with Gasteiger partial charge in [0, 0.05) is 47.6 Å². The van der Waals surface area contributed by atoms with E-state index in [0.29, 0.717) is 40.3 Å². The number of hydrogen-bond acceptors (Lipinski definition) is 9. The predicted octanol–water partition coefficient (Wildman–Crippen LogP) is 8.66. The second kappa shape index (κ2) is 12.5. The van der Waals surface area contributed by atoms with E-state index in [9.17, 15) is 14.4 Å². The number of halogens is 3. The molecule has 0 bridgehead atoms. The molecule has 9 nitrogen and oxygen atoms in total. The quantitative estimate of drug-likeness (QED) is 0.205. The molecule has 7 rings (SSSR count). The Morgan fingerprint density at radius 1 is 1.25 bits per heavy atom. The smallest absolute Gasteiger partial charge is 0.412 e. The maximum atomic E-state index is 15.3. The molecule has 0 atom stereocenters. The van der Waals surface area contributed by atoms with E-state index in [0.717, 1.165) is 85.1 Å². The Labute approximate surface area is 285 Å². The van der Waals surface area contributed by atoms with Gasteiger partial charge < -0.3 is 19.1 Å². The highest BCUT2D eigenvalue weighted by molar-refractivity contribution is 7.23. The summed E-state index contributed by atoms with van der Waals surface area (Å²) in [4.78, 5) is 24.3. The number of benzene rings is 2. The molecule has 2 aromatic carbocycles. The summed E-state index contributed by atoms with van der Waals surface area (Å²) >= 11 is 8.14. The van der Waals surface area contributed by atoms with Crippen LogP contribution in [0.15, 0.2) is 30.2 Å². The summed E-state index contributed by atoms with van der Waals surface area (Å²) in [5, 5.41) is 14.4. The van der Waals surface area contributed by atoms with Gasteiger partial charge in [0.05, 0.1) is 47.0 Å². The van der Waals surface area contributed by atoms with Crippen LogP contribution in [0, 0.1) is 22.6 Å². The molecule has 3 aliphatic rings. The fraction of sp³-hybridized carbons (Fsp3) is 0.429. The van der Waals surface area contributed by atoms with Crippen LogP contribution in [0.25, 0.3) is 32.1 Å². The largest absolute Gasteiger partial charge is 0.463 e. The normalized spacial score (nSPS) is 17.3. The first kappa shape index (κ1) is 32.6. The lowest BCUT2D eigenvalue weighted by molar-refractivity contribution is 0.0636. The number of nitriles is 1. The van der Waals surface area contributed by atoms with Crippen molar-refractivity contribution in [2.75, 3.05) is 31.6 Å². The molecule has 2 aliphatic heterocycles. The van der Waals surface area contributed by atoms with Crippen LogP contribution in [0.2, 0.25) is 5.02 Å². The third-order valence-electron chi connectivity index (χ3n) is 9.14. The molecule has 2 fully saturated rings. The average Bonchev–Trinajstić information content (AvgIpc) is 3.45. The van der Waals surface area contributed by atoms with Gasteiger partial charge in [-0.1, -0.05) is 17.7 Å². The monoisotopic (exact) mass is 693 g/mol. The van der Waals surface area contributed by atoms with Gasteiger partial charge in [0.25, 0.3) is 0 Å². The van der Waals surface area contributed by atoms with Crippen LogP contribution in [0.5, 0.6) is 6.01 Å². The van der Waals surface area contributed by atoms with Crippen LogP contribution in [0.3, 0.4) is 0 Å². The molecule has 0 unspecified atom stereocenters. The number of amides is 1. The first-order valence-corrected chi connectivity index (χ1v) is 17.0. The summed E-state index contributed by atoms with van der Waals surface area (Å²) in [5.74, 6) is -0.534. The summed E-state index contributed by atoms with van der Waals surface area (Å²) in [6.45, 7) is 8.76. The van der Waals surface area contributed by atoms with Crippen LogP contribution < -0.4 is 10.1 Å². The summed E-state index contributed by atoms with van der Waals surface area (Å²) in [6.07, 6.45) is 5.26. The number of carbonyl (C=O) groups is 1. The SMILES string of the molecule is CC(C)(C)OC(=O)Nc1sc2c(F)ccc(-c3c4c(c5cnc(OCC6(CN7CCC(=CF)CC7)CC6)nc5c3Cl)COC4)c2c1C#N. The van der Waals surface area contributed by atoms with Crippen LogP contribution in [-0.2, 0) is 22.7 Å². The molecule has 13 heteroatoms. The van der Waals surface area contributed by atoms with Crippen LogP contribution in [0.4, 0.5) is 18.6 Å². The zero-order valence-electron chi connectivity index (χ0n) is 26.8. The Hall–Kier alpha value is -3.89. The molecule has 1 aliphatic carbocycles. The second-order valence-corrected chi connectivity index (χ2v) is 15.1. The maximum Gasteiger partial charge on any atom is 0.412 e. The van der Waals surface area contributed by atoms with Crippen molar-refractivity contribution in [3.8, 4) is 23.2 Å². The number of likely N-dealkylation sites (tertiary alicyclic amines) is 1. The minimum Gasteiger partial charge on any atom is -0.463 e. The van der Waals surface area contributed by atoms with Crippen molar-refractivity contribution < 1.29 is 27.8 Å². The lowest BCUT2D eigenvalue weighted by atomic mass is 9.91. The summed E-state index contributed by atoms with van der Waals surface area (Å²) in [5.41, 5.74) is 3.44. The molecule has 1 saturated heterocycles. The van der Waals surface area contributed by atoms with Crippen LogP contribution in [0.1, 0.15) is 63.1 Å². The van der Waals surface area contributed by atoms with Crippen molar-refractivity contribution in [2.45, 2.75) is 65.3 Å². The van der Waals surface area contributed by atoms with Crippen molar-refractivity contribution >= 4 is 55.0 Å². The number of anilines is 1. The number of nitrogens with zero attached hydrogens (tertiary/aromatic N) is 4. The summed E-state index contributed by atoms with van der Waals surface area (Å²) in [7, 11) is 0. The fourth-order valence-corrected chi connectivity index (χ4v) is 7.97. The highest BCUT2D eigenvalue weighted by atomic mass is 35.5. The van der Waals surface area contributed by atoms with E-state index in [-0.39, 0.29) is 33.3 Å². The molecule has 48 heavy (non-hydrogen) atoms. The van der Waals surface area contributed by atoms with E-state index in [4.69, 9.17) is 30.8 Å². The van der Waals surface area contributed by atoms with Gasteiger partial charge in [0.1, 0.15) is 22.5 Å². The van der Waals surface area contributed by atoms with Crippen molar-refractivity contribution in [3.63, 3.8) is 0 Å². The molecule has 4 aromatic rings. The van der Waals surface area contributed by atoms with Gasteiger partial charge in [-0.15, -0.1) is 11.3 Å². The average molecular weight is 694 g/mol. The number of carbonyl (C=O) groups excluding carboxylic acids is 1. The van der Waals surface area contributed by atoms with Gasteiger partial charge in [-0.2, -0.15) is 10.2 Å². The highest BCUT2D eigenvalue weighted by Crippen LogP contribution is 2.49. The Kier molecular flexibility index (Phi) is 8.52. The van der Waals surface area contributed by atoms with Gasteiger partial charge in [-0.05, 0) is 74.8 Å². The minimum absolute atomic E-state index is 0.00733. The van der Waals surface area contributed by atoms with Crippen molar-refractivity contribution in [3.05, 3.63) is 57.8 Å². The number of thiophene rings is 1. The molecule has 250 valence electrons. The zero-order chi connectivity index (χ0) is 33.8. The van der Waals surface area contributed by atoms with Gasteiger partial charge in [0.2, 0.25) is 0 Å². The number of ether oxygens (including phenoxy) is 3. The number of piperidine rings is 1. The summed E-state index contributed by atoms with van der Waals surface area (Å²) in [6, 6.07) is 5.28. The van der Waals surface area contributed by atoms with Gasteiger partial charge >= 0.3 is 12.1 Å².